The summed E-state index contributed by atoms with van der Waals surface area (Å²) in [4.78, 5) is 10.9. The number of rotatable bonds is 8. The summed E-state index contributed by atoms with van der Waals surface area (Å²) in [5.41, 5.74) is 8.13. The average molecular weight is 553 g/mol. The van der Waals surface area contributed by atoms with E-state index in [9.17, 15) is 0 Å². The van der Waals surface area contributed by atoms with E-state index in [-0.39, 0.29) is 0 Å². The Hall–Kier alpha value is -3.87. The Kier molecular flexibility index (Phi) is 7.95. The second-order valence-electron chi connectivity index (χ2n) is 11.3. The zero-order valence-electron chi connectivity index (χ0n) is 24.4. The van der Waals surface area contributed by atoms with Gasteiger partial charge >= 0.3 is 0 Å². The molecule has 0 aromatic heterocycles. The van der Waals surface area contributed by atoms with Crippen LogP contribution >= 0.6 is 7.92 Å². The summed E-state index contributed by atoms with van der Waals surface area (Å²) in [6.45, 7) is 9.79. The Bertz CT molecular complexity index is 1660. The fourth-order valence-electron chi connectivity index (χ4n) is 5.90. The lowest BCUT2D eigenvalue weighted by molar-refractivity contribution is 0.835. The van der Waals surface area contributed by atoms with Gasteiger partial charge in [-0.05, 0) is 53.0 Å². The summed E-state index contributed by atoms with van der Waals surface area (Å²) in [6.07, 6.45) is 0.992. The molecule has 0 amide bonds. The van der Waals surface area contributed by atoms with Crippen molar-refractivity contribution in [1.82, 2.24) is 0 Å². The molecule has 0 saturated carbocycles. The highest BCUT2D eigenvalue weighted by atomic mass is 31.1. The molecule has 1 aliphatic rings. The summed E-state index contributed by atoms with van der Waals surface area (Å²) in [6, 6.07) is 41.7. The van der Waals surface area contributed by atoms with E-state index in [4.69, 9.17) is 9.98 Å². The van der Waals surface area contributed by atoms with Crippen LogP contribution in [0.4, 0.5) is 5.69 Å². The van der Waals surface area contributed by atoms with Crippen LogP contribution in [-0.4, -0.2) is 24.1 Å². The molecule has 1 aliphatic carbocycles. The predicted molar refractivity (Wildman–Crippen MR) is 180 cm³/mol. The van der Waals surface area contributed by atoms with Crippen molar-refractivity contribution in [3.63, 3.8) is 0 Å². The van der Waals surface area contributed by atoms with Crippen LogP contribution in [0.3, 0.4) is 0 Å². The highest BCUT2D eigenvalue weighted by Crippen LogP contribution is 2.39. The van der Waals surface area contributed by atoms with E-state index in [0.29, 0.717) is 11.8 Å². The molecule has 6 rings (SSSR count). The lowest BCUT2D eigenvalue weighted by Gasteiger charge is -2.18. The molecule has 0 bridgehead atoms. The Morgan fingerprint density at radius 2 is 1.07 bits per heavy atom. The van der Waals surface area contributed by atoms with E-state index >= 15 is 0 Å². The third-order valence-corrected chi connectivity index (χ3v) is 10.4. The van der Waals surface area contributed by atoms with E-state index in [1.165, 1.54) is 43.6 Å². The molecule has 0 saturated heterocycles. The van der Waals surface area contributed by atoms with Gasteiger partial charge in [-0.3, -0.25) is 4.99 Å². The van der Waals surface area contributed by atoms with Gasteiger partial charge in [0.1, 0.15) is 0 Å². The third kappa shape index (κ3) is 5.42. The first kappa shape index (κ1) is 27.3. The molecular formula is C38H37N2P. The van der Waals surface area contributed by atoms with Crippen molar-refractivity contribution in [1.29, 1.82) is 0 Å². The Labute approximate surface area is 245 Å². The largest absolute Gasteiger partial charge is 0.282 e. The van der Waals surface area contributed by atoms with Crippen molar-refractivity contribution in [2.45, 2.75) is 39.5 Å². The topological polar surface area (TPSA) is 24.7 Å². The van der Waals surface area contributed by atoms with Gasteiger partial charge in [0.15, 0.2) is 0 Å². The van der Waals surface area contributed by atoms with Crippen LogP contribution in [0.2, 0.25) is 0 Å². The predicted octanol–water partition coefficient (Wildman–Crippen LogP) is 9.14. The highest BCUT2D eigenvalue weighted by Gasteiger charge is 2.28. The zero-order valence-corrected chi connectivity index (χ0v) is 25.3. The van der Waals surface area contributed by atoms with Gasteiger partial charge in [0.05, 0.1) is 17.1 Å². The van der Waals surface area contributed by atoms with Crippen LogP contribution in [0.5, 0.6) is 0 Å². The first-order valence-corrected chi connectivity index (χ1v) is 16.2. The van der Waals surface area contributed by atoms with Crippen LogP contribution < -0.4 is 10.6 Å². The standard InChI is InChI=1S/C38H37N2P/c1-26(2)31-20-13-21-32(27(3)4)36(31)40-38-34-23-12-15-28-14-11-22-33(35(28)34)37(38)39-24-25-41(29-16-7-5-8-17-29)30-18-9-6-10-19-30/h5-23,26-27H,24-25H2,1-4H3. The minimum atomic E-state index is -0.511. The molecule has 0 fully saturated rings. The molecule has 0 radical (unpaired) electrons. The summed E-state index contributed by atoms with van der Waals surface area (Å²) >= 11 is 0. The molecule has 0 spiro atoms. The van der Waals surface area contributed by atoms with Crippen molar-refractivity contribution < 1.29 is 0 Å². The van der Waals surface area contributed by atoms with Gasteiger partial charge < -0.3 is 0 Å². The number of benzene rings is 5. The molecule has 5 aromatic carbocycles. The minimum absolute atomic E-state index is 0.383. The smallest absolute Gasteiger partial charge is 0.0974 e. The maximum absolute atomic E-state index is 5.53. The van der Waals surface area contributed by atoms with Crippen LogP contribution in [0.15, 0.2) is 125 Å². The van der Waals surface area contributed by atoms with Gasteiger partial charge in [-0.2, -0.15) is 0 Å². The van der Waals surface area contributed by atoms with Crippen LogP contribution in [0.1, 0.15) is 61.8 Å². The molecular weight excluding hydrogens is 515 g/mol. The fourth-order valence-corrected chi connectivity index (χ4v) is 8.08. The normalized spacial score (nSPS) is 14.8. The molecule has 204 valence electrons. The van der Waals surface area contributed by atoms with Gasteiger partial charge in [-0.25, -0.2) is 4.99 Å². The van der Waals surface area contributed by atoms with Crippen molar-refractivity contribution in [2.24, 2.45) is 9.98 Å². The van der Waals surface area contributed by atoms with E-state index in [1.54, 1.807) is 0 Å². The summed E-state index contributed by atoms with van der Waals surface area (Å²) in [5, 5.41) is 5.31. The molecule has 0 heterocycles. The number of hydrogen-bond acceptors (Lipinski definition) is 2. The van der Waals surface area contributed by atoms with Gasteiger partial charge in [0, 0.05) is 23.1 Å². The van der Waals surface area contributed by atoms with E-state index in [0.717, 1.165) is 29.8 Å². The first-order valence-electron chi connectivity index (χ1n) is 14.7. The van der Waals surface area contributed by atoms with Crippen molar-refractivity contribution in [3.8, 4) is 0 Å². The molecule has 0 unspecified atom stereocenters. The lowest BCUT2D eigenvalue weighted by atomic mass is 9.92. The molecule has 0 aliphatic heterocycles. The second-order valence-corrected chi connectivity index (χ2v) is 13.7. The SMILES string of the molecule is CC(C)c1cccc(C(C)C)c1N=C1C(=NCCP(c2ccccc2)c2ccccc2)c2cccc3cccc1c23. The molecule has 3 heteroatoms. The van der Waals surface area contributed by atoms with Crippen molar-refractivity contribution in [3.05, 3.63) is 138 Å². The molecule has 2 nitrogen and oxygen atoms in total. The Balaban J connectivity index is 1.46. The maximum atomic E-state index is 5.53. The van der Waals surface area contributed by atoms with Crippen molar-refractivity contribution in [2.75, 3.05) is 12.7 Å². The number of nitrogens with zero attached hydrogens (tertiary/aromatic N) is 2. The minimum Gasteiger partial charge on any atom is -0.282 e. The average Bonchev–Trinajstić information content (AvgIpc) is 3.29. The number of aliphatic imine (C=N–C) groups is 2. The van der Waals surface area contributed by atoms with Crippen molar-refractivity contribution >= 4 is 46.4 Å². The van der Waals surface area contributed by atoms with Gasteiger partial charge in [-0.1, -0.05) is 143 Å². The highest BCUT2D eigenvalue weighted by molar-refractivity contribution is 7.73. The monoisotopic (exact) mass is 552 g/mol. The maximum Gasteiger partial charge on any atom is 0.0974 e. The fraction of sp³-hybridized carbons (Fsp3) is 0.211. The summed E-state index contributed by atoms with van der Waals surface area (Å²) in [5.74, 6) is 0.765. The molecule has 41 heavy (non-hydrogen) atoms. The molecule has 0 atom stereocenters. The van der Waals surface area contributed by atoms with Crippen LogP contribution in [0, 0.1) is 0 Å². The number of para-hydroxylation sites is 1. The summed E-state index contributed by atoms with van der Waals surface area (Å²) in [7, 11) is -0.511. The quantitative estimate of drug-likeness (QED) is 0.172. The van der Waals surface area contributed by atoms with Crippen LogP contribution in [0.25, 0.3) is 10.8 Å². The van der Waals surface area contributed by atoms with Gasteiger partial charge in [0.2, 0.25) is 0 Å². The third-order valence-electron chi connectivity index (χ3n) is 7.93. The Morgan fingerprint density at radius 3 is 1.61 bits per heavy atom. The number of hydrogen-bond donors (Lipinski definition) is 0. The molecule has 0 N–H and O–H groups in total. The second kappa shape index (κ2) is 11.9. The van der Waals surface area contributed by atoms with Gasteiger partial charge in [0.25, 0.3) is 0 Å². The van der Waals surface area contributed by atoms with E-state index in [2.05, 4.69) is 143 Å². The van der Waals surface area contributed by atoms with Gasteiger partial charge in [-0.15, -0.1) is 0 Å². The summed E-state index contributed by atoms with van der Waals surface area (Å²) < 4.78 is 0. The first-order chi connectivity index (χ1) is 20.0. The van der Waals surface area contributed by atoms with E-state index < -0.39 is 7.92 Å². The Morgan fingerprint density at radius 1 is 0.561 bits per heavy atom. The van der Waals surface area contributed by atoms with E-state index in [1.807, 2.05) is 0 Å². The van der Waals surface area contributed by atoms with Crippen LogP contribution in [-0.2, 0) is 0 Å². The lowest BCUT2D eigenvalue weighted by Crippen LogP contribution is -2.17. The zero-order chi connectivity index (χ0) is 28.3. The molecule has 5 aromatic rings.